The smallest absolute Gasteiger partial charge is 0.268 e. The Morgan fingerprint density at radius 2 is 2.20 bits per heavy atom. The average Bonchev–Trinajstić information content (AvgIpc) is 2.88. The van der Waals surface area contributed by atoms with Crippen molar-refractivity contribution >= 4 is 17.5 Å². The largest absolute Gasteiger partial charge is 0.349 e. The van der Waals surface area contributed by atoms with Gasteiger partial charge >= 0.3 is 0 Å². The monoisotopic (exact) mass is 288 g/mol. The molecule has 0 fully saturated rings. The van der Waals surface area contributed by atoms with Crippen LogP contribution in [0.5, 0.6) is 0 Å². The Morgan fingerprint density at radius 1 is 1.35 bits per heavy atom. The maximum absolute atomic E-state index is 12.0. The van der Waals surface area contributed by atoms with Crippen LogP contribution in [-0.4, -0.2) is 17.0 Å². The first-order valence-corrected chi connectivity index (χ1v) is 7.33. The van der Waals surface area contributed by atoms with Crippen LogP contribution in [0.2, 0.25) is 5.02 Å². The summed E-state index contributed by atoms with van der Waals surface area (Å²) in [6.07, 6.45) is 4.24. The van der Waals surface area contributed by atoms with Gasteiger partial charge in [-0.2, -0.15) is 0 Å². The molecule has 1 atom stereocenters. The van der Waals surface area contributed by atoms with Crippen LogP contribution in [0.3, 0.4) is 0 Å². The summed E-state index contributed by atoms with van der Waals surface area (Å²) in [6.45, 7) is 2.88. The minimum atomic E-state index is 0.00521. The van der Waals surface area contributed by atoms with E-state index in [2.05, 4.69) is 23.0 Å². The number of carbonyl (C=O) groups is 1. The number of hydrogen-bond donors (Lipinski definition) is 1. The summed E-state index contributed by atoms with van der Waals surface area (Å²) < 4.78 is 2.11. The summed E-state index contributed by atoms with van der Waals surface area (Å²) in [5, 5.41) is 3.67. The molecule has 4 heteroatoms. The number of fused-ring (bicyclic) bond motifs is 1. The fraction of sp³-hybridized carbons (Fsp3) is 0.312. The Labute approximate surface area is 123 Å². The van der Waals surface area contributed by atoms with Crippen molar-refractivity contribution in [3.63, 3.8) is 0 Å². The van der Waals surface area contributed by atoms with Gasteiger partial charge in [-0.25, -0.2) is 0 Å². The molecule has 1 unspecified atom stereocenters. The summed E-state index contributed by atoms with van der Waals surface area (Å²) in [6, 6.07) is 10.0. The van der Waals surface area contributed by atoms with Crippen LogP contribution < -0.4 is 5.32 Å². The number of amides is 1. The Balaban J connectivity index is 2.04. The molecule has 1 aliphatic rings. The molecule has 0 spiro atoms. The molecule has 0 saturated heterocycles. The first-order chi connectivity index (χ1) is 9.69. The fourth-order valence-corrected chi connectivity index (χ4v) is 2.95. The summed E-state index contributed by atoms with van der Waals surface area (Å²) in [5.74, 6) is 0.00521. The lowest BCUT2D eigenvalue weighted by atomic mass is 10.1. The van der Waals surface area contributed by atoms with Gasteiger partial charge in [0.2, 0.25) is 0 Å². The van der Waals surface area contributed by atoms with Gasteiger partial charge in [-0.05, 0) is 30.2 Å². The van der Waals surface area contributed by atoms with Crippen molar-refractivity contribution in [1.29, 1.82) is 0 Å². The van der Waals surface area contributed by atoms with Crippen LogP contribution in [-0.2, 0) is 0 Å². The van der Waals surface area contributed by atoms with E-state index in [1.807, 2.05) is 30.3 Å². The molecular weight excluding hydrogens is 272 g/mol. The number of nitrogens with one attached hydrogen (secondary N) is 1. The van der Waals surface area contributed by atoms with Crippen molar-refractivity contribution in [3.05, 3.63) is 47.2 Å². The number of aromatic nitrogens is 1. The molecule has 0 radical (unpaired) electrons. The standard InChI is InChI=1S/C16H17ClN2O/c1-2-4-14-9-18-16(20)15-8-12(10-19(14)15)11-5-3-6-13(17)7-11/h3,5-8,10,14H,2,4,9H2,1H3,(H,18,20). The van der Waals surface area contributed by atoms with Gasteiger partial charge in [0.1, 0.15) is 5.69 Å². The molecule has 1 aromatic carbocycles. The number of halogens is 1. The zero-order valence-corrected chi connectivity index (χ0v) is 12.2. The minimum absolute atomic E-state index is 0.00521. The average molecular weight is 289 g/mol. The van der Waals surface area contributed by atoms with E-state index in [1.54, 1.807) is 0 Å². The molecule has 1 aliphatic heterocycles. The number of nitrogens with zero attached hydrogens (tertiary/aromatic N) is 1. The third kappa shape index (κ3) is 2.34. The van der Waals surface area contributed by atoms with Gasteiger partial charge in [0, 0.05) is 23.3 Å². The van der Waals surface area contributed by atoms with E-state index in [9.17, 15) is 4.79 Å². The first-order valence-electron chi connectivity index (χ1n) is 6.95. The molecule has 1 amide bonds. The normalized spacial score (nSPS) is 17.7. The molecule has 1 N–H and O–H groups in total. The molecule has 2 aromatic rings. The summed E-state index contributed by atoms with van der Waals surface area (Å²) in [7, 11) is 0. The lowest BCUT2D eigenvalue weighted by molar-refractivity contribution is 0.0913. The second-order valence-corrected chi connectivity index (χ2v) is 5.62. The summed E-state index contributed by atoms with van der Waals surface area (Å²) >= 11 is 6.04. The van der Waals surface area contributed by atoms with E-state index in [0.717, 1.165) is 29.7 Å². The van der Waals surface area contributed by atoms with E-state index in [0.29, 0.717) is 17.6 Å². The lowest BCUT2D eigenvalue weighted by Gasteiger charge is -2.26. The molecule has 0 saturated carbocycles. The van der Waals surface area contributed by atoms with E-state index < -0.39 is 0 Å². The highest BCUT2D eigenvalue weighted by Crippen LogP contribution is 2.29. The molecule has 20 heavy (non-hydrogen) atoms. The van der Waals surface area contributed by atoms with Crippen molar-refractivity contribution in [2.75, 3.05) is 6.54 Å². The molecule has 0 bridgehead atoms. The number of rotatable bonds is 3. The molecular formula is C16H17ClN2O. The molecule has 104 valence electrons. The van der Waals surface area contributed by atoms with Crippen molar-refractivity contribution < 1.29 is 4.79 Å². The minimum Gasteiger partial charge on any atom is -0.349 e. The van der Waals surface area contributed by atoms with Gasteiger partial charge in [-0.1, -0.05) is 37.1 Å². The second kappa shape index (κ2) is 5.33. The highest BCUT2D eigenvalue weighted by Gasteiger charge is 2.25. The predicted molar refractivity (Wildman–Crippen MR) is 81.2 cm³/mol. The van der Waals surface area contributed by atoms with E-state index >= 15 is 0 Å². The summed E-state index contributed by atoms with van der Waals surface area (Å²) in [5.41, 5.74) is 2.83. The maximum Gasteiger partial charge on any atom is 0.268 e. The molecule has 1 aromatic heterocycles. The zero-order chi connectivity index (χ0) is 14.1. The van der Waals surface area contributed by atoms with Crippen molar-refractivity contribution in [3.8, 4) is 11.1 Å². The van der Waals surface area contributed by atoms with Gasteiger partial charge in [0.15, 0.2) is 0 Å². The van der Waals surface area contributed by atoms with Crippen molar-refractivity contribution in [1.82, 2.24) is 9.88 Å². The highest BCUT2D eigenvalue weighted by molar-refractivity contribution is 6.30. The molecule has 2 heterocycles. The van der Waals surface area contributed by atoms with Gasteiger partial charge in [-0.3, -0.25) is 4.79 Å². The predicted octanol–water partition coefficient (Wildman–Crippen LogP) is 3.89. The fourth-order valence-electron chi connectivity index (χ4n) is 2.76. The second-order valence-electron chi connectivity index (χ2n) is 5.18. The van der Waals surface area contributed by atoms with Crippen LogP contribution in [0.4, 0.5) is 0 Å². The quantitative estimate of drug-likeness (QED) is 0.913. The Morgan fingerprint density at radius 3 is 2.95 bits per heavy atom. The van der Waals surface area contributed by atoms with Crippen molar-refractivity contribution in [2.45, 2.75) is 25.8 Å². The first kappa shape index (κ1) is 13.3. The zero-order valence-electron chi connectivity index (χ0n) is 11.4. The molecule has 0 aliphatic carbocycles. The third-order valence-corrected chi connectivity index (χ3v) is 3.99. The Hall–Kier alpha value is -1.74. The molecule has 3 nitrogen and oxygen atoms in total. The van der Waals surface area contributed by atoms with Crippen LogP contribution in [0.15, 0.2) is 36.5 Å². The third-order valence-electron chi connectivity index (χ3n) is 3.75. The van der Waals surface area contributed by atoms with Crippen LogP contribution in [0, 0.1) is 0 Å². The SMILES string of the molecule is CCCC1CNC(=O)c2cc(-c3cccc(Cl)c3)cn21. The highest BCUT2D eigenvalue weighted by atomic mass is 35.5. The topological polar surface area (TPSA) is 34.0 Å². The van der Waals surface area contributed by atoms with E-state index in [-0.39, 0.29) is 5.91 Å². The van der Waals surface area contributed by atoms with Gasteiger partial charge in [0.25, 0.3) is 5.91 Å². The number of hydrogen-bond acceptors (Lipinski definition) is 1. The van der Waals surface area contributed by atoms with Gasteiger partial charge in [0.05, 0.1) is 6.04 Å². The van der Waals surface area contributed by atoms with Crippen LogP contribution >= 0.6 is 11.6 Å². The number of benzene rings is 1. The van der Waals surface area contributed by atoms with Crippen LogP contribution in [0.1, 0.15) is 36.3 Å². The lowest BCUT2D eigenvalue weighted by Crippen LogP contribution is -2.38. The van der Waals surface area contributed by atoms with Gasteiger partial charge in [-0.15, -0.1) is 0 Å². The van der Waals surface area contributed by atoms with E-state index in [1.165, 1.54) is 0 Å². The number of carbonyl (C=O) groups excluding carboxylic acids is 1. The maximum atomic E-state index is 12.0. The van der Waals surface area contributed by atoms with Crippen LogP contribution in [0.25, 0.3) is 11.1 Å². The summed E-state index contributed by atoms with van der Waals surface area (Å²) in [4.78, 5) is 12.0. The Bertz CT molecular complexity index is 648. The van der Waals surface area contributed by atoms with Gasteiger partial charge < -0.3 is 9.88 Å². The molecule has 3 rings (SSSR count). The van der Waals surface area contributed by atoms with E-state index in [4.69, 9.17) is 11.6 Å². The van der Waals surface area contributed by atoms with Crippen molar-refractivity contribution in [2.24, 2.45) is 0 Å². The Kier molecular flexibility index (Phi) is 3.53.